The fraction of sp³-hybridized carbons (Fsp3) is 0.571. The van der Waals surface area contributed by atoms with Gasteiger partial charge in [0.2, 0.25) is 11.8 Å². The predicted molar refractivity (Wildman–Crippen MR) is 248 cm³/mol. The van der Waals surface area contributed by atoms with Crippen LogP contribution in [-0.2, 0) is 79.0 Å². The number of aromatic nitrogens is 12. The molecule has 3 aliphatic rings. The molecule has 0 spiro atoms. The number of nitrogen functional groups attached to an aromatic ring is 3. The molecule has 35 heteroatoms. The molecule has 6 aromatic heterocycles. The minimum Gasteiger partial charge on any atom is -0.387 e. The third-order valence-electron chi connectivity index (χ3n) is 11.9. The van der Waals surface area contributed by atoms with Gasteiger partial charge in [0.1, 0.15) is 84.9 Å². The minimum atomic E-state index is -4.31. The van der Waals surface area contributed by atoms with Crippen molar-refractivity contribution in [3.63, 3.8) is 0 Å². The number of nitrogens with two attached hydrogens (primary N) is 3. The molecule has 70 heavy (non-hydrogen) atoms. The Morgan fingerprint density at radius 3 is 1.64 bits per heavy atom. The highest BCUT2D eigenvalue weighted by Gasteiger charge is 2.54. The topological polar surface area (TPSA) is 388 Å². The first-order valence-corrected chi connectivity index (χ1v) is 27.4. The fourth-order valence-electron chi connectivity index (χ4n) is 8.45. The van der Waals surface area contributed by atoms with Gasteiger partial charge >= 0.3 is 21.5 Å². The van der Waals surface area contributed by atoms with Gasteiger partial charge in [-0.1, -0.05) is 0 Å². The SMILES string of the molecule is CO[C@H]1[C@@H](O[P+](=S)OC[C@H]2O[C@@H](n3cnc4c(N)ncnc43)[C@H](OP(O)(=S)OC[C@H]3O[C@@H](n4cnc5c(N)ncnc54)[C@H](O)[C@@H]3O)[C@@H]2OC)[C@H](n2cnc3c(N)ncnc32)O[C@@H]1CCP(=O)(OC)OC. The Morgan fingerprint density at radius 2 is 1.13 bits per heavy atom. The van der Waals surface area contributed by atoms with E-state index in [2.05, 4.69) is 44.9 Å². The summed E-state index contributed by atoms with van der Waals surface area (Å²) in [6.45, 7) is -5.12. The lowest BCUT2D eigenvalue weighted by atomic mass is 10.1. The quantitative estimate of drug-likeness (QED) is 0.0562. The number of nitrogens with zero attached hydrogens (tertiary/aromatic N) is 12. The number of imidazole rings is 3. The maximum Gasteiger partial charge on any atom is 0.522 e. The molecule has 14 atom stereocenters. The number of rotatable bonds is 20. The molecular weight excluding hydrogens is 1030 g/mol. The summed E-state index contributed by atoms with van der Waals surface area (Å²) >= 11 is 11.3. The van der Waals surface area contributed by atoms with Crippen molar-refractivity contribution in [1.29, 1.82) is 0 Å². The van der Waals surface area contributed by atoms with Gasteiger partial charge in [-0.3, -0.25) is 22.8 Å². The monoisotopic (exact) mass is 1070 g/mol. The van der Waals surface area contributed by atoms with E-state index >= 15 is 0 Å². The van der Waals surface area contributed by atoms with Crippen molar-refractivity contribution in [3.8, 4) is 0 Å². The number of hydrogen-bond donors (Lipinski definition) is 6. The van der Waals surface area contributed by atoms with Crippen LogP contribution in [0.2, 0.25) is 0 Å². The third kappa shape index (κ3) is 9.76. The molecule has 6 aromatic rings. The largest absolute Gasteiger partial charge is 0.522 e. The third-order valence-corrected chi connectivity index (χ3v) is 16.7. The van der Waals surface area contributed by atoms with Gasteiger partial charge in [-0.2, -0.15) is 0 Å². The Balaban J connectivity index is 0.926. The van der Waals surface area contributed by atoms with Gasteiger partial charge in [0, 0.05) is 28.4 Å². The summed E-state index contributed by atoms with van der Waals surface area (Å²) in [6.07, 6.45) is -5.29. The van der Waals surface area contributed by atoms with Gasteiger partial charge < -0.3 is 69.6 Å². The van der Waals surface area contributed by atoms with Crippen molar-refractivity contribution in [2.45, 2.75) is 80.0 Å². The van der Waals surface area contributed by atoms with Crippen LogP contribution in [-0.4, -0.2) is 176 Å². The Kier molecular flexibility index (Phi) is 15.1. The van der Waals surface area contributed by atoms with Crippen LogP contribution in [0.15, 0.2) is 38.0 Å². The van der Waals surface area contributed by atoms with E-state index in [0.29, 0.717) is 11.2 Å². The molecule has 0 radical (unpaired) electrons. The lowest BCUT2D eigenvalue weighted by molar-refractivity contribution is -0.0567. The summed E-state index contributed by atoms with van der Waals surface area (Å²) in [5, 5.41) is 22.0. The maximum atomic E-state index is 13.1. The van der Waals surface area contributed by atoms with E-state index in [-0.39, 0.29) is 59.0 Å². The van der Waals surface area contributed by atoms with Gasteiger partial charge in [-0.05, 0) is 18.2 Å². The number of hydrogen-bond acceptors (Lipinski definition) is 28. The average molecular weight is 1070 g/mol. The second kappa shape index (κ2) is 20.8. The molecule has 9 N–H and O–H groups in total. The number of aliphatic hydroxyl groups is 2. The highest BCUT2D eigenvalue weighted by atomic mass is 32.5. The van der Waals surface area contributed by atoms with Gasteiger partial charge in [0.05, 0.1) is 37.9 Å². The van der Waals surface area contributed by atoms with E-state index in [1.165, 1.54) is 75.5 Å². The first-order chi connectivity index (χ1) is 33.6. The van der Waals surface area contributed by atoms with Crippen LogP contribution in [0.1, 0.15) is 25.1 Å². The minimum absolute atomic E-state index is 0.0153. The summed E-state index contributed by atoms with van der Waals surface area (Å²) in [4.78, 5) is 49.4. The summed E-state index contributed by atoms with van der Waals surface area (Å²) in [5.74, 6) is 0.325. The smallest absolute Gasteiger partial charge is 0.387 e. The number of aliphatic hydroxyl groups excluding tert-OH is 2. The van der Waals surface area contributed by atoms with E-state index in [0.717, 1.165) is 0 Å². The molecule has 3 aliphatic heterocycles. The van der Waals surface area contributed by atoms with Crippen LogP contribution in [0.5, 0.6) is 0 Å². The van der Waals surface area contributed by atoms with Gasteiger partial charge in [0.25, 0.3) is 0 Å². The molecule has 3 fully saturated rings. The zero-order valence-corrected chi connectivity index (χ0v) is 41.5. The Morgan fingerprint density at radius 1 is 0.657 bits per heavy atom. The second-order valence-corrected chi connectivity index (χ2v) is 22.7. The predicted octanol–water partition coefficient (Wildman–Crippen LogP) is 0.367. The van der Waals surface area contributed by atoms with E-state index < -0.39 is 102 Å². The molecule has 378 valence electrons. The summed E-state index contributed by atoms with van der Waals surface area (Å²) < 4.78 is 83.3. The zero-order valence-electron chi connectivity index (χ0n) is 37.2. The van der Waals surface area contributed by atoms with Crippen LogP contribution in [0, 0.1) is 0 Å². The molecule has 30 nitrogen and oxygen atoms in total. The molecule has 0 saturated carbocycles. The van der Waals surface area contributed by atoms with Gasteiger partial charge in [0.15, 0.2) is 59.2 Å². The molecule has 2 unspecified atom stereocenters. The summed E-state index contributed by atoms with van der Waals surface area (Å²) in [5.41, 5.74) is 19.8. The van der Waals surface area contributed by atoms with Gasteiger partial charge in [-0.15, -0.1) is 9.05 Å². The van der Waals surface area contributed by atoms with Crippen LogP contribution in [0.4, 0.5) is 17.5 Å². The lowest BCUT2D eigenvalue weighted by Gasteiger charge is -2.28. The van der Waals surface area contributed by atoms with E-state index in [1.54, 1.807) is 4.57 Å². The Hall–Kier alpha value is -4.11. The summed E-state index contributed by atoms with van der Waals surface area (Å²) in [6, 6.07) is 0. The number of anilines is 3. The van der Waals surface area contributed by atoms with E-state index in [4.69, 9.17) is 91.6 Å². The molecule has 9 rings (SSSR count). The molecule has 3 saturated heterocycles. The number of methoxy groups -OCH3 is 2. The maximum absolute atomic E-state index is 13.1. The first-order valence-electron chi connectivity index (χ1n) is 20.9. The molecule has 9 heterocycles. The average Bonchev–Trinajstić information content (AvgIpc) is 4.22. The van der Waals surface area contributed by atoms with Crippen LogP contribution < -0.4 is 17.2 Å². The van der Waals surface area contributed by atoms with Crippen molar-refractivity contribution < 1.29 is 70.5 Å². The normalized spacial score (nSPS) is 29.4. The highest BCUT2D eigenvalue weighted by molar-refractivity contribution is 8.07. The highest BCUT2D eigenvalue weighted by Crippen LogP contribution is 2.52. The molecule has 0 amide bonds. The van der Waals surface area contributed by atoms with Gasteiger partial charge in [-0.25, -0.2) is 44.9 Å². The standard InChI is InChI=1S/C35H46N15O15P3S2/c1-55-23-15(5-6-67(53,57-3)58-4)61-34(49-13-46-19-28(37)40-10-43-31(19)49)25(23)64-66(69)59-7-17-24(56-2)26(35(63-17)50-14-47-20-29(38)41-11-44-32(20)50)65-68(54,70)60-8-16-21(51)22(52)33(62-16)48-12-45-18-27(36)39-9-42-30(18)48/h9-17,21-26,33-35,51-52H,5-8H2,1-4H3,(H6-,36,37,38,39,40,41,42,43,44,54,70)/p+1/t15-,16-,17-,21-,22-,23-,24-,25-,26-,33-,34-,35-,68?/m1/s1. The lowest BCUT2D eigenvalue weighted by Crippen LogP contribution is -2.37. The summed E-state index contributed by atoms with van der Waals surface area (Å²) in [7, 11) is -0.258. The van der Waals surface area contributed by atoms with Crippen molar-refractivity contribution >= 4 is 96.0 Å². The van der Waals surface area contributed by atoms with Crippen LogP contribution >= 0.6 is 21.5 Å². The second-order valence-electron chi connectivity index (χ2n) is 15.7. The Bertz CT molecular complexity index is 2950. The molecular formula is C35H47N15O15P3S2+. The van der Waals surface area contributed by atoms with Crippen molar-refractivity contribution in [2.24, 2.45) is 0 Å². The van der Waals surface area contributed by atoms with Crippen molar-refractivity contribution in [1.82, 2.24) is 58.6 Å². The first kappa shape index (κ1) is 50.8. The van der Waals surface area contributed by atoms with Crippen molar-refractivity contribution in [2.75, 3.05) is 65.0 Å². The zero-order chi connectivity index (χ0) is 49.6. The van der Waals surface area contributed by atoms with E-state index in [1.807, 2.05) is 0 Å². The number of ether oxygens (including phenoxy) is 5. The van der Waals surface area contributed by atoms with Crippen molar-refractivity contribution in [3.05, 3.63) is 38.0 Å². The molecule has 0 aliphatic carbocycles. The fourth-order valence-corrected chi connectivity index (χ4v) is 12.2. The number of fused-ring (bicyclic) bond motifs is 3. The molecule has 0 bridgehead atoms. The molecule has 0 aromatic carbocycles. The van der Waals surface area contributed by atoms with Crippen LogP contribution in [0.25, 0.3) is 33.5 Å². The Labute approximate surface area is 406 Å². The van der Waals surface area contributed by atoms with E-state index in [9.17, 15) is 19.7 Å². The van der Waals surface area contributed by atoms with Crippen LogP contribution in [0.3, 0.4) is 0 Å².